The third-order valence-electron chi connectivity index (χ3n) is 3.26. The minimum absolute atomic E-state index is 0.00497. The molecule has 2 rings (SSSR count). The van der Waals surface area contributed by atoms with Crippen molar-refractivity contribution in [3.8, 4) is 6.07 Å². The van der Waals surface area contributed by atoms with E-state index in [0.29, 0.717) is 5.15 Å². The highest BCUT2D eigenvalue weighted by molar-refractivity contribution is 6.29. The van der Waals surface area contributed by atoms with Crippen LogP contribution in [0.1, 0.15) is 31.2 Å². The summed E-state index contributed by atoms with van der Waals surface area (Å²) in [4.78, 5) is 15.9. The highest BCUT2D eigenvalue weighted by Crippen LogP contribution is 2.45. The van der Waals surface area contributed by atoms with E-state index < -0.39 is 5.41 Å². The summed E-state index contributed by atoms with van der Waals surface area (Å²) in [6.07, 6.45) is 4.28. The molecule has 1 aromatic rings. The number of hydrogen-bond donors (Lipinski definition) is 0. The first-order chi connectivity index (χ1) is 7.69. The molecule has 0 unspecified atom stereocenters. The van der Waals surface area contributed by atoms with Gasteiger partial charge in [-0.05, 0) is 24.5 Å². The van der Waals surface area contributed by atoms with E-state index in [4.69, 9.17) is 16.9 Å². The summed E-state index contributed by atoms with van der Waals surface area (Å²) in [6, 6.07) is 5.45. The van der Waals surface area contributed by atoms with Crippen molar-refractivity contribution in [3.05, 3.63) is 29.0 Å². The number of aromatic nitrogens is 1. The van der Waals surface area contributed by atoms with Gasteiger partial charge in [-0.25, -0.2) is 4.98 Å². The fourth-order valence-electron chi connectivity index (χ4n) is 2.16. The molecule has 0 amide bonds. The molecular formula is C12H11ClN2O. The van der Waals surface area contributed by atoms with Gasteiger partial charge >= 0.3 is 0 Å². The zero-order valence-corrected chi connectivity index (χ0v) is 9.50. The summed E-state index contributed by atoms with van der Waals surface area (Å²) < 4.78 is 0. The Labute approximate surface area is 99.1 Å². The maximum absolute atomic E-state index is 11.9. The lowest BCUT2D eigenvalue weighted by Crippen LogP contribution is -2.42. The Morgan fingerprint density at radius 2 is 2.31 bits per heavy atom. The molecule has 82 valence electrons. The van der Waals surface area contributed by atoms with E-state index in [9.17, 15) is 4.79 Å². The van der Waals surface area contributed by atoms with Crippen molar-refractivity contribution in [3.63, 3.8) is 0 Å². The molecule has 4 heteroatoms. The Bertz CT molecular complexity index is 443. The lowest BCUT2D eigenvalue weighted by Gasteiger charge is -2.40. The Kier molecular flexibility index (Phi) is 2.93. The summed E-state index contributed by atoms with van der Waals surface area (Å²) in [5.74, 6) is 0.00497. The highest BCUT2D eigenvalue weighted by atomic mass is 35.5. The molecule has 1 saturated carbocycles. The van der Waals surface area contributed by atoms with Gasteiger partial charge in [-0.1, -0.05) is 24.1 Å². The standard InChI is InChI=1S/C12H11ClN2O/c13-11-3-2-9(8-15-11)12(5-1-6-12)10(16)4-7-14/h2-3,8H,1,4-6H2. The summed E-state index contributed by atoms with van der Waals surface area (Å²) >= 11 is 5.72. The van der Waals surface area contributed by atoms with Crippen LogP contribution in [0.15, 0.2) is 18.3 Å². The van der Waals surface area contributed by atoms with Gasteiger partial charge in [0.2, 0.25) is 0 Å². The van der Waals surface area contributed by atoms with Gasteiger partial charge in [-0.2, -0.15) is 5.26 Å². The molecule has 0 aromatic carbocycles. The molecule has 3 nitrogen and oxygen atoms in total. The van der Waals surface area contributed by atoms with E-state index >= 15 is 0 Å². The third kappa shape index (κ3) is 1.70. The van der Waals surface area contributed by atoms with Crippen LogP contribution in [0.2, 0.25) is 5.15 Å². The second kappa shape index (κ2) is 4.23. The fraction of sp³-hybridized carbons (Fsp3) is 0.417. The van der Waals surface area contributed by atoms with Gasteiger partial charge in [0.1, 0.15) is 5.15 Å². The smallest absolute Gasteiger partial charge is 0.157 e. The van der Waals surface area contributed by atoms with Crippen LogP contribution in [0, 0.1) is 11.3 Å². The number of ketones is 1. The summed E-state index contributed by atoms with van der Waals surface area (Å²) in [7, 11) is 0. The van der Waals surface area contributed by atoms with E-state index in [0.717, 1.165) is 24.8 Å². The van der Waals surface area contributed by atoms with Crippen molar-refractivity contribution in [2.75, 3.05) is 0 Å². The lowest BCUT2D eigenvalue weighted by molar-refractivity contribution is -0.126. The highest BCUT2D eigenvalue weighted by Gasteiger charge is 2.44. The predicted molar refractivity (Wildman–Crippen MR) is 60.0 cm³/mol. The van der Waals surface area contributed by atoms with Crippen LogP contribution in [0.3, 0.4) is 0 Å². The zero-order chi connectivity index (χ0) is 11.6. The van der Waals surface area contributed by atoms with Crippen molar-refractivity contribution >= 4 is 17.4 Å². The number of Topliss-reactive ketones (excluding diaryl/α,β-unsaturated/α-hetero) is 1. The van der Waals surface area contributed by atoms with Gasteiger partial charge in [0.05, 0.1) is 17.9 Å². The number of carbonyl (C=O) groups is 1. The van der Waals surface area contributed by atoms with Crippen molar-refractivity contribution in [1.82, 2.24) is 4.98 Å². The van der Waals surface area contributed by atoms with Gasteiger partial charge < -0.3 is 0 Å². The molecule has 1 heterocycles. The first-order valence-electron chi connectivity index (χ1n) is 5.21. The molecule has 0 spiro atoms. The fourth-order valence-corrected chi connectivity index (χ4v) is 2.27. The second-order valence-electron chi connectivity index (χ2n) is 4.06. The molecule has 0 radical (unpaired) electrons. The van der Waals surface area contributed by atoms with E-state index in [1.807, 2.05) is 12.1 Å². The van der Waals surface area contributed by atoms with Gasteiger partial charge in [0.15, 0.2) is 5.78 Å². The second-order valence-corrected chi connectivity index (χ2v) is 4.45. The van der Waals surface area contributed by atoms with Crippen LogP contribution in [0.4, 0.5) is 0 Å². The van der Waals surface area contributed by atoms with Crippen molar-refractivity contribution in [1.29, 1.82) is 5.26 Å². The van der Waals surface area contributed by atoms with Crippen LogP contribution in [0.25, 0.3) is 0 Å². The van der Waals surface area contributed by atoms with Crippen LogP contribution >= 0.6 is 11.6 Å². The number of nitrogens with zero attached hydrogens (tertiary/aromatic N) is 2. The maximum Gasteiger partial charge on any atom is 0.157 e. The van der Waals surface area contributed by atoms with Gasteiger partial charge in [0, 0.05) is 6.20 Å². The molecule has 0 atom stereocenters. The molecule has 1 aliphatic carbocycles. The number of halogens is 1. The van der Waals surface area contributed by atoms with Gasteiger partial charge in [-0.15, -0.1) is 0 Å². The molecule has 0 bridgehead atoms. The van der Waals surface area contributed by atoms with Crippen LogP contribution < -0.4 is 0 Å². The molecule has 0 N–H and O–H groups in total. The minimum atomic E-state index is -0.465. The predicted octanol–water partition coefficient (Wildman–Crippen LogP) is 2.64. The van der Waals surface area contributed by atoms with Crippen molar-refractivity contribution in [2.24, 2.45) is 0 Å². The lowest BCUT2D eigenvalue weighted by atomic mass is 9.62. The topological polar surface area (TPSA) is 53.8 Å². The Hall–Kier alpha value is -1.40. The first-order valence-corrected chi connectivity index (χ1v) is 5.59. The molecule has 1 fully saturated rings. The molecular weight excluding hydrogens is 224 g/mol. The SMILES string of the molecule is N#CCC(=O)C1(c2ccc(Cl)nc2)CCC1. The normalized spacial score (nSPS) is 17.2. The maximum atomic E-state index is 11.9. The largest absolute Gasteiger partial charge is 0.298 e. The van der Waals surface area contributed by atoms with E-state index in [1.54, 1.807) is 12.3 Å². The number of pyridine rings is 1. The Balaban J connectivity index is 2.32. The molecule has 0 saturated heterocycles. The summed E-state index contributed by atoms with van der Waals surface area (Å²) in [6.45, 7) is 0. The van der Waals surface area contributed by atoms with Crippen LogP contribution in [-0.2, 0) is 10.2 Å². The van der Waals surface area contributed by atoms with Crippen LogP contribution in [-0.4, -0.2) is 10.8 Å². The average Bonchev–Trinajstić information content (AvgIpc) is 2.19. The van der Waals surface area contributed by atoms with E-state index in [1.165, 1.54) is 0 Å². The number of carbonyl (C=O) groups excluding carboxylic acids is 1. The minimum Gasteiger partial charge on any atom is -0.298 e. The first kappa shape index (κ1) is 11.1. The molecule has 1 aromatic heterocycles. The molecule has 1 aliphatic rings. The third-order valence-corrected chi connectivity index (χ3v) is 3.48. The van der Waals surface area contributed by atoms with Crippen LogP contribution in [0.5, 0.6) is 0 Å². The van der Waals surface area contributed by atoms with Crippen molar-refractivity contribution < 1.29 is 4.79 Å². The summed E-state index contributed by atoms with van der Waals surface area (Å²) in [5, 5.41) is 9.03. The number of nitriles is 1. The van der Waals surface area contributed by atoms with Gasteiger partial charge in [-0.3, -0.25) is 4.79 Å². The quantitative estimate of drug-likeness (QED) is 0.756. The average molecular weight is 235 g/mol. The number of hydrogen-bond acceptors (Lipinski definition) is 3. The zero-order valence-electron chi connectivity index (χ0n) is 8.74. The van der Waals surface area contributed by atoms with E-state index in [2.05, 4.69) is 4.98 Å². The number of rotatable bonds is 3. The molecule has 0 aliphatic heterocycles. The monoisotopic (exact) mass is 234 g/mol. The van der Waals surface area contributed by atoms with E-state index in [-0.39, 0.29) is 12.2 Å². The molecule has 16 heavy (non-hydrogen) atoms. The van der Waals surface area contributed by atoms with Gasteiger partial charge in [0.25, 0.3) is 0 Å². The summed E-state index contributed by atoms with van der Waals surface area (Å²) in [5.41, 5.74) is 0.427. The Morgan fingerprint density at radius 3 is 2.75 bits per heavy atom. The Morgan fingerprint density at radius 1 is 1.56 bits per heavy atom. The van der Waals surface area contributed by atoms with Crippen molar-refractivity contribution in [2.45, 2.75) is 31.1 Å².